The zero-order valence-corrected chi connectivity index (χ0v) is 51.7. The molecule has 1 unspecified atom stereocenters. The van der Waals surface area contributed by atoms with Gasteiger partial charge in [-0.15, -0.1) is 0 Å². The molecule has 0 amide bonds. The van der Waals surface area contributed by atoms with Crippen LogP contribution in [-0.4, -0.2) is 37.2 Å². The van der Waals surface area contributed by atoms with E-state index in [4.69, 9.17) is 14.2 Å². The van der Waals surface area contributed by atoms with Crippen molar-refractivity contribution < 1.29 is 28.6 Å². The van der Waals surface area contributed by atoms with E-state index in [1.165, 1.54) is 51.4 Å². The van der Waals surface area contributed by atoms with Crippen LogP contribution in [0.4, 0.5) is 0 Å². The van der Waals surface area contributed by atoms with E-state index < -0.39 is 6.10 Å². The maximum absolute atomic E-state index is 12.9. The second-order valence-corrected chi connectivity index (χ2v) is 20.5. The van der Waals surface area contributed by atoms with Gasteiger partial charge in [0.05, 0.1) is 0 Å². The second kappa shape index (κ2) is 67.0. The molecule has 6 heteroatoms. The first-order chi connectivity index (χ1) is 40.0. The summed E-state index contributed by atoms with van der Waals surface area (Å²) in [5.41, 5.74) is 0. The molecule has 81 heavy (non-hydrogen) atoms. The molecule has 0 N–H and O–H groups in total. The largest absolute Gasteiger partial charge is 0.462 e. The number of rotatable bonds is 56. The molecular weight excluding hydrogens is 997 g/mol. The SMILES string of the molecule is CC/C=C\C/C=C\C/C=C\C/C=C\C/C=C\C/C=C\C/C=C\C/C=C\CCCCCCCCCCC(=O)OCC(COC(=O)CC/C=C\C/C=C\C/C=C\C/C=C\CC)OC(=O)CCCCCCCCC/C=C\C/C=C\C/C=C\CC. The number of carbonyl (C=O) groups is 3. The van der Waals surface area contributed by atoms with Crippen LogP contribution < -0.4 is 0 Å². The average Bonchev–Trinajstić information content (AvgIpc) is 3.46. The van der Waals surface area contributed by atoms with Crippen LogP contribution in [0, 0.1) is 0 Å². The van der Waals surface area contributed by atoms with E-state index >= 15 is 0 Å². The normalized spacial score (nSPS) is 13.4. The van der Waals surface area contributed by atoms with Gasteiger partial charge in [-0.25, -0.2) is 0 Å². The van der Waals surface area contributed by atoms with Crippen LogP contribution in [0.1, 0.15) is 252 Å². The van der Waals surface area contributed by atoms with Crippen LogP contribution in [0.3, 0.4) is 0 Å². The molecule has 452 valence electrons. The van der Waals surface area contributed by atoms with Gasteiger partial charge in [-0.1, -0.05) is 274 Å². The fourth-order valence-electron chi connectivity index (χ4n) is 8.19. The highest BCUT2D eigenvalue weighted by molar-refractivity contribution is 5.71. The average molecular weight is 1110 g/mol. The van der Waals surface area contributed by atoms with E-state index in [1.807, 2.05) is 12.2 Å². The quantitative estimate of drug-likeness (QED) is 0.0261. The van der Waals surface area contributed by atoms with Gasteiger partial charge in [0.2, 0.25) is 0 Å². The van der Waals surface area contributed by atoms with Crippen LogP contribution in [0.15, 0.2) is 182 Å². The van der Waals surface area contributed by atoms with Gasteiger partial charge in [0.1, 0.15) is 13.2 Å². The molecule has 0 aliphatic carbocycles. The molecule has 0 saturated carbocycles. The van der Waals surface area contributed by atoms with E-state index in [-0.39, 0.29) is 37.5 Å². The summed E-state index contributed by atoms with van der Waals surface area (Å²) in [6, 6.07) is 0. The van der Waals surface area contributed by atoms with Crippen LogP contribution in [0.2, 0.25) is 0 Å². The minimum atomic E-state index is -0.826. The number of carbonyl (C=O) groups excluding carboxylic acids is 3. The first kappa shape index (κ1) is 75.5. The highest BCUT2D eigenvalue weighted by atomic mass is 16.6. The van der Waals surface area contributed by atoms with Crippen molar-refractivity contribution in [2.24, 2.45) is 0 Å². The Balaban J connectivity index is 4.36. The molecule has 6 nitrogen and oxygen atoms in total. The Bertz CT molecular complexity index is 1900. The van der Waals surface area contributed by atoms with Crippen molar-refractivity contribution in [2.75, 3.05) is 13.2 Å². The predicted molar refractivity (Wildman–Crippen MR) is 352 cm³/mol. The van der Waals surface area contributed by atoms with Crippen molar-refractivity contribution in [3.63, 3.8) is 0 Å². The Kier molecular flexibility index (Phi) is 62.5. The maximum atomic E-state index is 12.9. The number of allylic oxidation sites excluding steroid dienone is 30. The number of hydrogen-bond donors (Lipinski definition) is 0. The summed E-state index contributed by atoms with van der Waals surface area (Å²) in [6.07, 6.45) is 101. The fraction of sp³-hybridized carbons (Fsp3) is 0.560. The molecular formula is C75H116O6. The van der Waals surface area contributed by atoms with Crippen molar-refractivity contribution in [1.29, 1.82) is 0 Å². The zero-order valence-electron chi connectivity index (χ0n) is 51.7. The Hall–Kier alpha value is -5.49. The van der Waals surface area contributed by atoms with Crippen molar-refractivity contribution >= 4 is 17.9 Å². The van der Waals surface area contributed by atoms with Gasteiger partial charge < -0.3 is 14.2 Å². The van der Waals surface area contributed by atoms with E-state index in [2.05, 4.69) is 191 Å². The fourth-order valence-corrected chi connectivity index (χ4v) is 8.19. The zero-order chi connectivity index (χ0) is 58.5. The van der Waals surface area contributed by atoms with E-state index in [0.717, 1.165) is 154 Å². The summed E-state index contributed by atoms with van der Waals surface area (Å²) in [6.45, 7) is 6.21. The summed E-state index contributed by atoms with van der Waals surface area (Å²) in [5.74, 6) is -1.03. The highest BCUT2D eigenvalue weighted by Gasteiger charge is 2.19. The van der Waals surface area contributed by atoms with E-state index in [1.54, 1.807) is 0 Å². The molecule has 0 aliphatic heterocycles. The molecule has 1 atom stereocenters. The van der Waals surface area contributed by atoms with Crippen LogP contribution >= 0.6 is 0 Å². The molecule has 0 aromatic carbocycles. The van der Waals surface area contributed by atoms with Gasteiger partial charge in [-0.2, -0.15) is 0 Å². The van der Waals surface area contributed by atoms with Gasteiger partial charge in [0.15, 0.2) is 6.10 Å². The van der Waals surface area contributed by atoms with Crippen molar-refractivity contribution in [1.82, 2.24) is 0 Å². The Morgan fingerprint density at radius 1 is 0.247 bits per heavy atom. The lowest BCUT2D eigenvalue weighted by atomic mass is 10.1. The molecule has 0 rings (SSSR count). The van der Waals surface area contributed by atoms with Gasteiger partial charge in [0, 0.05) is 19.3 Å². The standard InChI is InChI=1S/C75H116O6/c1-4-7-10-13-16-19-22-25-27-29-30-31-32-33-34-35-36-37-38-39-40-41-42-43-44-46-47-50-53-56-59-62-65-68-74(77)80-71-72(70-79-73(76)67-64-61-58-55-52-49-24-21-18-15-12-9-6-3)81-75(78)69-66-63-60-57-54-51-48-45-28-26-23-20-17-14-11-8-5-2/h7-12,16-21,25-28,30-31,33-34,36-37,39-40,42-43,49,52,58,61,72H,4-6,13-15,22-24,29,32,35,38,41,44-48,50-51,53-57,59-60,62-71H2,1-3H3/b10-7-,11-8-,12-9-,19-16-,20-17-,21-18-,27-25-,28-26-,31-30-,34-33-,37-36-,40-39-,43-42-,52-49-,61-58-. The number of ether oxygens (including phenoxy) is 3. The van der Waals surface area contributed by atoms with Crippen molar-refractivity contribution in [3.05, 3.63) is 182 Å². The van der Waals surface area contributed by atoms with Crippen molar-refractivity contribution in [3.8, 4) is 0 Å². The highest BCUT2D eigenvalue weighted by Crippen LogP contribution is 2.14. The molecule has 0 radical (unpaired) electrons. The summed E-state index contributed by atoms with van der Waals surface area (Å²) >= 11 is 0. The van der Waals surface area contributed by atoms with Gasteiger partial charge in [-0.05, 0) is 141 Å². The molecule has 0 aromatic heterocycles. The molecule has 0 spiro atoms. The molecule has 0 heterocycles. The third kappa shape index (κ3) is 65.2. The molecule has 0 fully saturated rings. The monoisotopic (exact) mass is 1110 g/mol. The lowest BCUT2D eigenvalue weighted by Crippen LogP contribution is -2.30. The lowest BCUT2D eigenvalue weighted by Gasteiger charge is -2.18. The Morgan fingerprint density at radius 2 is 0.469 bits per heavy atom. The molecule has 0 aromatic rings. The topological polar surface area (TPSA) is 78.9 Å². The summed E-state index contributed by atoms with van der Waals surface area (Å²) in [7, 11) is 0. The van der Waals surface area contributed by atoms with Gasteiger partial charge >= 0.3 is 17.9 Å². The molecule has 0 bridgehead atoms. The summed E-state index contributed by atoms with van der Waals surface area (Å²) in [4.78, 5) is 38.2. The summed E-state index contributed by atoms with van der Waals surface area (Å²) < 4.78 is 16.8. The first-order valence-corrected chi connectivity index (χ1v) is 32.3. The van der Waals surface area contributed by atoms with Crippen molar-refractivity contribution in [2.45, 2.75) is 258 Å². The van der Waals surface area contributed by atoms with Crippen LogP contribution in [0.25, 0.3) is 0 Å². The van der Waals surface area contributed by atoms with E-state index in [9.17, 15) is 14.4 Å². The minimum Gasteiger partial charge on any atom is -0.462 e. The van der Waals surface area contributed by atoms with Crippen LogP contribution in [-0.2, 0) is 28.6 Å². The van der Waals surface area contributed by atoms with Gasteiger partial charge in [-0.3, -0.25) is 14.4 Å². The minimum absolute atomic E-state index is 0.117. The molecule has 0 aliphatic rings. The molecule has 0 saturated heterocycles. The maximum Gasteiger partial charge on any atom is 0.306 e. The Morgan fingerprint density at radius 3 is 0.765 bits per heavy atom. The third-order valence-electron chi connectivity index (χ3n) is 12.9. The smallest absolute Gasteiger partial charge is 0.306 e. The number of unbranched alkanes of at least 4 members (excludes halogenated alkanes) is 15. The first-order valence-electron chi connectivity index (χ1n) is 32.3. The second-order valence-electron chi connectivity index (χ2n) is 20.5. The number of esters is 3. The van der Waals surface area contributed by atoms with Gasteiger partial charge in [0.25, 0.3) is 0 Å². The Labute approximate surface area is 497 Å². The summed E-state index contributed by atoms with van der Waals surface area (Å²) in [5, 5.41) is 0. The lowest BCUT2D eigenvalue weighted by molar-refractivity contribution is -0.166. The third-order valence-corrected chi connectivity index (χ3v) is 12.9. The predicted octanol–water partition coefficient (Wildman–Crippen LogP) is 22.4. The van der Waals surface area contributed by atoms with E-state index in [0.29, 0.717) is 19.3 Å². The number of hydrogen-bond acceptors (Lipinski definition) is 6. The van der Waals surface area contributed by atoms with Crippen LogP contribution in [0.5, 0.6) is 0 Å².